The largest absolute Gasteiger partial charge is 0.434 e. The molecule has 0 aliphatic carbocycles. The van der Waals surface area contributed by atoms with Crippen LogP contribution in [0.4, 0.5) is 13.2 Å². The molecule has 0 aromatic carbocycles. The molecule has 0 unspecified atom stereocenters. The summed E-state index contributed by atoms with van der Waals surface area (Å²) < 4.78 is 44.6. The van der Waals surface area contributed by atoms with Gasteiger partial charge in [0.05, 0.1) is 0 Å². The molecule has 8 heteroatoms. The Labute approximate surface area is 103 Å². The molecule has 1 heterocycles. The van der Waals surface area contributed by atoms with Gasteiger partial charge in [-0.05, 0) is 20.4 Å². The van der Waals surface area contributed by atoms with E-state index in [1.54, 1.807) is 7.05 Å². The third-order valence-corrected chi connectivity index (χ3v) is 2.28. The second-order valence-corrected chi connectivity index (χ2v) is 3.69. The molecule has 1 aromatic rings. The highest BCUT2D eigenvalue weighted by Crippen LogP contribution is 2.31. The van der Waals surface area contributed by atoms with Crippen LogP contribution in [0.15, 0.2) is 0 Å². The molecule has 0 aliphatic heterocycles. The van der Waals surface area contributed by atoms with Gasteiger partial charge in [0, 0.05) is 26.3 Å². The summed E-state index contributed by atoms with van der Waals surface area (Å²) in [6.45, 7) is 2.98. The van der Waals surface area contributed by atoms with E-state index in [-0.39, 0.29) is 18.8 Å². The van der Waals surface area contributed by atoms with E-state index in [2.05, 4.69) is 15.6 Å². The number of nitrogens with zero attached hydrogens (tertiary/aromatic N) is 3. The van der Waals surface area contributed by atoms with Crippen molar-refractivity contribution in [2.75, 3.05) is 20.3 Å². The van der Waals surface area contributed by atoms with Crippen molar-refractivity contribution in [3.63, 3.8) is 0 Å². The first kappa shape index (κ1) is 14.9. The van der Waals surface area contributed by atoms with Gasteiger partial charge < -0.3 is 10.1 Å². The zero-order valence-electron chi connectivity index (χ0n) is 10.4. The minimum Gasteiger partial charge on any atom is -0.382 e. The lowest BCUT2D eigenvalue weighted by molar-refractivity contribution is -0.145. The van der Waals surface area contributed by atoms with Crippen molar-refractivity contribution in [1.82, 2.24) is 20.3 Å². The fourth-order valence-electron chi connectivity index (χ4n) is 1.56. The van der Waals surface area contributed by atoms with E-state index in [0.29, 0.717) is 19.6 Å². The lowest BCUT2D eigenvalue weighted by Gasteiger charge is -2.11. The number of alkyl halides is 3. The van der Waals surface area contributed by atoms with Crippen molar-refractivity contribution in [3.8, 4) is 0 Å². The first-order chi connectivity index (χ1) is 8.50. The van der Waals surface area contributed by atoms with Gasteiger partial charge in [0.25, 0.3) is 0 Å². The molecular weight excluding hydrogens is 249 g/mol. The molecule has 0 saturated heterocycles. The number of nitrogens with one attached hydrogen (secondary N) is 1. The molecule has 0 aliphatic rings. The third-order valence-electron chi connectivity index (χ3n) is 2.28. The summed E-state index contributed by atoms with van der Waals surface area (Å²) in [4.78, 5) is 0. The molecule has 0 radical (unpaired) electrons. The van der Waals surface area contributed by atoms with Crippen LogP contribution in [0, 0.1) is 0 Å². The Bertz CT molecular complexity index is 364. The Morgan fingerprint density at radius 3 is 2.67 bits per heavy atom. The molecule has 104 valence electrons. The maximum absolute atomic E-state index is 12.9. The topological polar surface area (TPSA) is 52.0 Å². The summed E-state index contributed by atoms with van der Waals surface area (Å²) in [5.41, 5.74) is -0.866. The second kappa shape index (κ2) is 6.69. The molecule has 0 spiro atoms. The average molecular weight is 266 g/mol. The van der Waals surface area contributed by atoms with Crippen molar-refractivity contribution in [2.24, 2.45) is 0 Å². The van der Waals surface area contributed by atoms with Crippen molar-refractivity contribution in [3.05, 3.63) is 11.4 Å². The molecule has 0 bridgehead atoms. The monoisotopic (exact) mass is 266 g/mol. The van der Waals surface area contributed by atoms with Crippen LogP contribution in [0.1, 0.15) is 24.7 Å². The number of aryl methyl sites for hydroxylation is 1. The first-order valence-corrected chi connectivity index (χ1v) is 5.72. The molecule has 18 heavy (non-hydrogen) atoms. The van der Waals surface area contributed by atoms with Crippen LogP contribution in [0.5, 0.6) is 0 Å². The van der Waals surface area contributed by atoms with E-state index in [4.69, 9.17) is 4.74 Å². The molecule has 0 fully saturated rings. The van der Waals surface area contributed by atoms with Crippen LogP contribution in [-0.2, 0) is 24.0 Å². The summed E-state index contributed by atoms with van der Waals surface area (Å²) in [7, 11) is 1.56. The smallest absolute Gasteiger partial charge is 0.382 e. The van der Waals surface area contributed by atoms with Gasteiger partial charge in [-0.1, -0.05) is 5.21 Å². The Morgan fingerprint density at radius 2 is 2.11 bits per heavy atom. The van der Waals surface area contributed by atoms with Gasteiger partial charge in [-0.15, -0.1) is 5.10 Å². The number of ether oxygens (including phenoxy) is 1. The van der Waals surface area contributed by atoms with Gasteiger partial charge in [-0.25, -0.2) is 4.68 Å². The third kappa shape index (κ3) is 3.95. The lowest BCUT2D eigenvalue weighted by Crippen LogP contribution is -2.19. The molecule has 0 amide bonds. The summed E-state index contributed by atoms with van der Waals surface area (Å²) in [6.07, 6.45) is -3.97. The maximum Gasteiger partial charge on any atom is 0.434 e. The number of halogens is 3. The van der Waals surface area contributed by atoms with E-state index in [1.165, 1.54) is 0 Å². The highest BCUT2D eigenvalue weighted by Gasteiger charge is 2.38. The average Bonchev–Trinajstić information content (AvgIpc) is 2.68. The van der Waals surface area contributed by atoms with Crippen molar-refractivity contribution >= 4 is 0 Å². The van der Waals surface area contributed by atoms with Crippen molar-refractivity contribution in [1.29, 1.82) is 0 Å². The van der Waals surface area contributed by atoms with Crippen LogP contribution in [0.3, 0.4) is 0 Å². The SMILES string of the molecule is CCOCCCn1nnc(CNC)c1C(F)(F)F. The minimum atomic E-state index is -4.44. The van der Waals surface area contributed by atoms with Crippen molar-refractivity contribution in [2.45, 2.75) is 32.6 Å². The Kier molecular flexibility index (Phi) is 5.54. The normalized spacial score (nSPS) is 12.1. The van der Waals surface area contributed by atoms with Gasteiger partial charge in [0.2, 0.25) is 0 Å². The molecular formula is C10H17F3N4O. The quantitative estimate of drug-likeness (QED) is 0.759. The molecule has 1 aromatic heterocycles. The molecule has 0 saturated carbocycles. The fourth-order valence-corrected chi connectivity index (χ4v) is 1.56. The number of aromatic nitrogens is 3. The minimum absolute atomic E-state index is 0.0420. The molecule has 5 nitrogen and oxygen atoms in total. The van der Waals surface area contributed by atoms with E-state index in [9.17, 15) is 13.2 Å². The van der Waals surface area contributed by atoms with Crippen LogP contribution in [-0.4, -0.2) is 35.3 Å². The lowest BCUT2D eigenvalue weighted by atomic mass is 10.3. The predicted molar refractivity (Wildman–Crippen MR) is 58.9 cm³/mol. The number of hydrogen-bond donors (Lipinski definition) is 1. The highest BCUT2D eigenvalue weighted by molar-refractivity contribution is 5.13. The van der Waals surface area contributed by atoms with Gasteiger partial charge in [-0.2, -0.15) is 13.2 Å². The number of rotatable bonds is 7. The highest BCUT2D eigenvalue weighted by atomic mass is 19.4. The molecule has 1 rings (SSSR count). The van der Waals surface area contributed by atoms with Crippen LogP contribution in [0.2, 0.25) is 0 Å². The Morgan fingerprint density at radius 1 is 1.39 bits per heavy atom. The van der Waals surface area contributed by atoms with E-state index in [1.807, 2.05) is 6.92 Å². The number of hydrogen-bond acceptors (Lipinski definition) is 4. The van der Waals surface area contributed by atoms with Crippen LogP contribution in [0.25, 0.3) is 0 Å². The summed E-state index contributed by atoms with van der Waals surface area (Å²) in [6, 6.07) is 0. The standard InChI is InChI=1S/C10H17F3N4O/c1-3-18-6-4-5-17-9(10(11,12)13)8(7-14-2)15-16-17/h14H,3-7H2,1-2H3. The fraction of sp³-hybridized carbons (Fsp3) is 0.800. The summed E-state index contributed by atoms with van der Waals surface area (Å²) >= 11 is 0. The van der Waals surface area contributed by atoms with Gasteiger partial charge in [0.1, 0.15) is 5.69 Å². The second-order valence-electron chi connectivity index (χ2n) is 3.69. The van der Waals surface area contributed by atoms with Gasteiger partial charge in [0.15, 0.2) is 5.69 Å². The van der Waals surface area contributed by atoms with Gasteiger partial charge >= 0.3 is 6.18 Å². The predicted octanol–water partition coefficient (Wildman–Crippen LogP) is 1.44. The Hall–Kier alpha value is -1.15. The summed E-state index contributed by atoms with van der Waals surface area (Å²) in [5, 5.41) is 9.76. The molecule has 0 atom stereocenters. The van der Waals surface area contributed by atoms with E-state index in [0.717, 1.165) is 4.68 Å². The molecule has 1 N–H and O–H groups in total. The Balaban J connectivity index is 2.77. The van der Waals surface area contributed by atoms with E-state index >= 15 is 0 Å². The van der Waals surface area contributed by atoms with Gasteiger partial charge in [-0.3, -0.25) is 0 Å². The first-order valence-electron chi connectivity index (χ1n) is 5.72. The van der Waals surface area contributed by atoms with Crippen LogP contribution < -0.4 is 5.32 Å². The summed E-state index contributed by atoms with van der Waals surface area (Å²) in [5.74, 6) is 0. The van der Waals surface area contributed by atoms with Crippen molar-refractivity contribution < 1.29 is 17.9 Å². The van der Waals surface area contributed by atoms with Crippen LogP contribution >= 0.6 is 0 Å². The maximum atomic E-state index is 12.9. The zero-order valence-corrected chi connectivity index (χ0v) is 10.4. The van der Waals surface area contributed by atoms with E-state index < -0.39 is 11.9 Å². The zero-order chi connectivity index (χ0) is 13.6.